The zero-order valence-electron chi connectivity index (χ0n) is 29.1. The number of nitro groups is 1. The first-order valence-corrected chi connectivity index (χ1v) is 19.9. The summed E-state index contributed by atoms with van der Waals surface area (Å²) in [5.74, 6) is -2.64. The fraction of sp³-hybridized carbons (Fsp3) is 0.263. The highest BCUT2D eigenvalue weighted by Crippen LogP contribution is 2.58. The van der Waals surface area contributed by atoms with Crippen molar-refractivity contribution in [1.82, 2.24) is 20.3 Å². The summed E-state index contributed by atoms with van der Waals surface area (Å²) in [7, 11) is -2.67. The van der Waals surface area contributed by atoms with Crippen LogP contribution in [0.5, 0.6) is 0 Å². The lowest BCUT2D eigenvalue weighted by Gasteiger charge is -2.27. The van der Waals surface area contributed by atoms with Crippen LogP contribution >= 0.6 is 30.5 Å². The molecule has 2 atom stereocenters. The minimum absolute atomic E-state index is 0.0462. The minimum Gasteiger partial charge on any atom is -0.463 e. The molecule has 5 aromatic rings. The van der Waals surface area contributed by atoms with Crippen molar-refractivity contribution >= 4 is 63.9 Å². The number of benzene rings is 4. The van der Waals surface area contributed by atoms with E-state index in [2.05, 4.69) is 15.6 Å². The molecule has 0 bridgehead atoms. The van der Waals surface area contributed by atoms with Crippen LogP contribution in [0.3, 0.4) is 0 Å². The monoisotopic (exact) mass is 816 g/mol. The van der Waals surface area contributed by atoms with Gasteiger partial charge in [-0.2, -0.15) is 0 Å². The Kier molecular flexibility index (Phi) is 14.4. The van der Waals surface area contributed by atoms with E-state index >= 15 is 0 Å². The van der Waals surface area contributed by atoms with Crippen molar-refractivity contribution in [3.8, 4) is 0 Å². The van der Waals surface area contributed by atoms with E-state index in [0.717, 1.165) is 15.9 Å². The molecule has 0 unspecified atom stereocenters. The third-order valence-electron chi connectivity index (χ3n) is 8.83. The summed E-state index contributed by atoms with van der Waals surface area (Å²) in [5, 5.41) is 35.4. The number of nitrogens with zero attached hydrogens (tertiary/aromatic N) is 4. The third kappa shape index (κ3) is 10.9. The highest BCUT2D eigenvalue weighted by molar-refractivity contribution is 7.95. The molecule has 17 heteroatoms. The molecule has 0 saturated carbocycles. The van der Waals surface area contributed by atoms with E-state index in [1.54, 1.807) is 47.3 Å². The maximum atomic E-state index is 14.1. The zero-order chi connectivity index (χ0) is 39.5. The second kappa shape index (κ2) is 19.1. The number of hydrogen-bond donors (Lipinski definition) is 2. The van der Waals surface area contributed by atoms with E-state index in [-0.39, 0.29) is 17.7 Å². The molecule has 0 aliphatic carbocycles. The summed E-state index contributed by atoms with van der Waals surface area (Å²) in [6, 6.07) is 22.2. The van der Waals surface area contributed by atoms with E-state index < -0.39 is 65.1 Å². The molecule has 1 amide bonds. The predicted octanol–water partition coefficient (Wildman–Crippen LogP) is 6.22. The van der Waals surface area contributed by atoms with Crippen LogP contribution < -0.4 is 21.2 Å². The summed E-state index contributed by atoms with van der Waals surface area (Å²) >= 11 is 11.3. The fourth-order valence-electron chi connectivity index (χ4n) is 6.03. The van der Waals surface area contributed by atoms with Gasteiger partial charge in [0.05, 0.1) is 17.2 Å². The molecule has 288 valence electrons. The summed E-state index contributed by atoms with van der Waals surface area (Å²) in [6.07, 6.45) is 2.51. The number of halogens is 5. The number of amides is 1. The fourth-order valence-corrected chi connectivity index (χ4v) is 10.2. The van der Waals surface area contributed by atoms with Crippen molar-refractivity contribution in [2.45, 2.75) is 55.4 Å². The number of aliphatic hydroxyl groups is 1. The van der Waals surface area contributed by atoms with Crippen molar-refractivity contribution in [2.75, 3.05) is 6.61 Å². The smallest absolute Gasteiger partial charge is 0.305 e. The van der Waals surface area contributed by atoms with E-state index in [1.165, 1.54) is 60.7 Å². The molecule has 11 nitrogen and oxygen atoms in total. The largest absolute Gasteiger partial charge is 0.463 e. The third-order valence-corrected chi connectivity index (χ3v) is 13.6. The number of esters is 1. The van der Waals surface area contributed by atoms with Gasteiger partial charge in [0.15, 0.2) is 4.84 Å². The van der Waals surface area contributed by atoms with Crippen molar-refractivity contribution < 1.29 is 37.5 Å². The molecule has 0 aliphatic heterocycles. The molecule has 0 saturated heterocycles. The summed E-state index contributed by atoms with van der Waals surface area (Å²) in [4.78, 5) is 33.7. The van der Waals surface area contributed by atoms with E-state index in [9.17, 15) is 38.0 Å². The number of hydrogen-bond acceptors (Lipinski definition) is 8. The highest BCUT2D eigenvalue weighted by Gasteiger charge is 2.46. The van der Waals surface area contributed by atoms with Crippen LogP contribution in [-0.4, -0.2) is 54.4 Å². The average Bonchev–Trinajstić information content (AvgIpc) is 3.62. The van der Waals surface area contributed by atoms with E-state index in [4.69, 9.17) is 27.9 Å². The summed E-state index contributed by atoms with van der Waals surface area (Å²) < 4.78 is 49.3. The molecular formula is C38H36Cl2F3N5O6P+. The van der Waals surface area contributed by atoms with Gasteiger partial charge in [-0.05, 0) is 103 Å². The van der Waals surface area contributed by atoms with Crippen LogP contribution in [0.4, 0.5) is 18.9 Å². The second-order valence-corrected chi connectivity index (χ2v) is 17.2. The van der Waals surface area contributed by atoms with Gasteiger partial charge < -0.3 is 15.2 Å². The first-order valence-electron chi connectivity index (χ1n) is 17.1. The number of alkyl halides is 2. The maximum absolute atomic E-state index is 14.1. The Morgan fingerprint density at radius 2 is 1.36 bits per heavy atom. The van der Waals surface area contributed by atoms with Crippen molar-refractivity contribution in [2.24, 2.45) is 0 Å². The topological polar surface area (TPSA) is 149 Å². The van der Waals surface area contributed by atoms with E-state index in [1.807, 2.05) is 0 Å². The number of carbonyl (C=O) groups is 2. The molecule has 2 N–H and O–H groups in total. The Morgan fingerprint density at radius 3 is 1.85 bits per heavy atom. The number of nitrogens with one attached hydrogen (secondary N) is 1. The average molecular weight is 818 g/mol. The van der Waals surface area contributed by atoms with Gasteiger partial charge in [-0.15, -0.1) is 5.10 Å². The number of aryl methyl sites for hydroxylation is 1. The Balaban J connectivity index is 1.19. The highest BCUT2D eigenvalue weighted by atomic mass is 35.5. The molecule has 4 aromatic carbocycles. The van der Waals surface area contributed by atoms with Crippen LogP contribution in [-0.2, 0) is 27.0 Å². The molecular weight excluding hydrogens is 781 g/mol. The maximum Gasteiger partial charge on any atom is 0.305 e. The van der Waals surface area contributed by atoms with E-state index in [0.29, 0.717) is 37.7 Å². The Hall–Kier alpha value is -4.88. The number of aliphatic hydroxyl groups excluding tert-OH is 1. The molecule has 0 radical (unpaired) electrons. The number of non-ortho nitro benzene ring substituents is 1. The predicted molar refractivity (Wildman–Crippen MR) is 204 cm³/mol. The molecule has 55 heavy (non-hydrogen) atoms. The van der Waals surface area contributed by atoms with Gasteiger partial charge in [0.1, 0.15) is 65.2 Å². The number of nitro benzene ring substituents is 1. The standard InChI is InChI=1S/C38H35Cl2F3N5O6P/c39-37(40)38(51)44-34(36(50)25-5-13-30(14-6-25)48(52)53)23-54-35(49)4-2-1-3-21-47-22-29(45-46-47)24-55(31-15-7-26(41)8-16-31,32-17-9-27(42)10-18-32)33-19-11-28(43)12-20-33/h5-20,22,34,36-37,50H,1-4,21,23-24H2/p+1/t34-,36+/m0/s1. The van der Waals surface area contributed by atoms with Crippen molar-refractivity contribution in [1.29, 1.82) is 0 Å². The first-order chi connectivity index (χ1) is 26.3. The second-order valence-electron chi connectivity index (χ2n) is 12.6. The van der Waals surface area contributed by atoms with Gasteiger partial charge in [-0.1, -0.05) is 34.8 Å². The SMILES string of the molecule is O=C(CCCCCn1cc(C[P+](c2ccc(F)cc2)(c2ccc(F)cc2)c2ccc(F)cc2)nn1)OC[C@H](NC(=O)C(Cl)Cl)[C@H](O)c1ccc([N+](=O)[O-])cc1. The molecule has 5 rings (SSSR count). The van der Waals surface area contributed by atoms with Gasteiger partial charge >= 0.3 is 5.97 Å². The minimum atomic E-state index is -2.67. The van der Waals surface area contributed by atoms with Gasteiger partial charge in [0.25, 0.3) is 11.6 Å². The van der Waals surface area contributed by atoms with Gasteiger partial charge in [-0.25, -0.2) is 13.2 Å². The van der Waals surface area contributed by atoms with Gasteiger partial charge in [0.2, 0.25) is 0 Å². The Morgan fingerprint density at radius 1 is 0.836 bits per heavy atom. The molecule has 0 spiro atoms. The Labute approximate surface area is 324 Å². The molecule has 0 aliphatic rings. The number of aromatic nitrogens is 3. The number of rotatable bonds is 18. The lowest BCUT2D eigenvalue weighted by Crippen LogP contribution is -2.45. The summed E-state index contributed by atoms with van der Waals surface area (Å²) in [5.41, 5.74) is 0.669. The van der Waals surface area contributed by atoms with Crippen LogP contribution in [0.25, 0.3) is 0 Å². The quantitative estimate of drug-likeness (QED) is 0.0265. The van der Waals surface area contributed by atoms with Crippen LogP contribution in [0, 0.1) is 27.6 Å². The number of unbranched alkanes of at least 4 members (excludes halogenated alkanes) is 2. The van der Waals surface area contributed by atoms with Gasteiger partial charge in [0, 0.05) is 25.1 Å². The molecule has 0 fully saturated rings. The Bertz CT molecular complexity index is 1950. The lowest BCUT2D eigenvalue weighted by atomic mass is 10.0. The number of ether oxygens (including phenoxy) is 1. The first kappa shape index (κ1) is 41.3. The van der Waals surface area contributed by atoms with Crippen LogP contribution in [0.1, 0.15) is 43.0 Å². The number of carbonyl (C=O) groups excluding carboxylic acids is 2. The van der Waals surface area contributed by atoms with Crippen LogP contribution in [0.15, 0.2) is 103 Å². The van der Waals surface area contributed by atoms with Crippen molar-refractivity contribution in [3.63, 3.8) is 0 Å². The lowest BCUT2D eigenvalue weighted by molar-refractivity contribution is -0.384. The van der Waals surface area contributed by atoms with Crippen molar-refractivity contribution in [3.05, 3.63) is 142 Å². The zero-order valence-corrected chi connectivity index (χ0v) is 31.5. The van der Waals surface area contributed by atoms with Gasteiger partial charge in [-0.3, -0.25) is 24.4 Å². The normalized spacial score (nSPS) is 12.6. The molecule has 1 aromatic heterocycles. The van der Waals surface area contributed by atoms with Crippen LogP contribution in [0.2, 0.25) is 0 Å². The molecule has 1 heterocycles. The summed E-state index contributed by atoms with van der Waals surface area (Å²) in [6.45, 7) is 0.0631.